The van der Waals surface area contributed by atoms with Crippen molar-refractivity contribution in [1.82, 2.24) is 9.88 Å². The van der Waals surface area contributed by atoms with Gasteiger partial charge >= 0.3 is 0 Å². The van der Waals surface area contributed by atoms with Gasteiger partial charge in [-0.1, -0.05) is 18.2 Å². The molecule has 132 valence electrons. The number of ether oxygens (including phenoxy) is 1. The van der Waals surface area contributed by atoms with E-state index in [2.05, 4.69) is 40.3 Å². The van der Waals surface area contributed by atoms with E-state index >= 15 is 0 Å². The maximum Gasteiger partial charge on any atom is 0.260 e. The lowest BCUT2D eigenvalue weighted by Gasteiger charge is -2.15. The smallest absolute Gasteiger partial charge is 0.260 e. The van der Waals surface area contributed by atoms with Gasteiger partial charge in [0.25, 0.3) is 5.91 Å². The number of aromatic nitrogens is 1. The molecule has 0 saturated carbocycles. The normalized spacial score (nSPS) is 11.7. The molecule has 1 unspecified atom stereocenters. The van der Waals surface area contributed by atoms with Gasteiger partial charge in [0.1, 0.15) is 5.75 Å². The molecule has 3 aromatic rings. The first-order chi connectivity index (χ1) is 12.7. The van der Waals surface area contributed by atoms with Crippen LogP contribution in [0.25, 0.3) is 10.9 Å². The number of nitrogens with one attached hydrogen (secondary N) is 1. The number of carbonyl (C=O) groups is 1. The predicted octanol–water partition coefficient (Wildman–Crippen LogP) is 3.49. The Balaban J connectivity index is 1.44. The number of amides is 1. The maximum absolute atomic E-state index is 12.1. The molecule has 0 spiro atoms. The number of carbonyl (C=O) groups excluding carboxylic acids is 1. The first-order valence-corrected chi connectivity index (χ1v) is 8.66. The van der Waals surface area contributed by atoms with Gasteiger partial charge in [-0.05, 0) is 55.1 Å². The molecule has 1 heterocycles. The molecule has 0 bridgehead atoms. The number of benzene rings is 2. The summed E-state index contributed by atoms with van der Waals surface area (Å²) in [5.41, 5.74) is 1.77. The molecule has 1 amide bonds. The average Bonchev–Trinajstić information content (AvgIpc) is 3.09. The first-order valence-electron chi connectivity index (χ1n) is 8.66. The lowest BCUT2D eigenvalue weighted by Crippen LogP contribution is -2.37. The molecule has 1 aromatic heterocycles. The Kier molecular flexibility index (Phi) is 5.55. The standard InChI is InChI=1S/C21H21N3O2/c1-16(26-19-9-7-17(15-22)8-10-19)21(25)23-12-4-13-24-14-11-18-5-2-3-6-20(18)24/h2-3,5-11,14,16H,4,12-13H2,1H3,(H,23,25). The highest BCUT2D eigenvalue weighted by atomic mass is 16.5. The van der Waals surface area contributed by atoms with Crippen molar-refractivity contribution in [2.24, 2.45) is 0 Å². The third kappa shape index (κ3) is 4.22. The summed E-state index contributed by atoms with van der Waals surface area (Å²) >= 11 is 0. The van der Waals surface area contributed by atoms with Gasteiger partial charge in [0, 0.05) is 24.8 Å². The molecule has 1 N–H and O–H groups in total. The molecule has 0 aliphatic rings. The van der Waals surface area contributed by atoms with E-state index < -0.39 is 6.10 Å². The fourth-order valence-electron chi connectivity index (χ4n) is 2.81. The fourth-order valence-corrected chi connectivity index (χ4v) is 2.81. The quantitative estimate of drug-likeness (QED) is 0.665. The number of rotatable bonds is 7. The molecule has 5 heteroatoms. The van der Waals surface area contributed by atoms with E-state index in [1.54, 1.807) is 31.2 Å². The zero-order valence-electron chi connectivity index (χ0n) is 14.7. The Morgan fingerprint density at radius 1 is 1.19 bits per heavy atom. The second kappa shape index (κ2) is 8.21. The van der Waals surface area contributed by atoms with Crippen LogP contribution in [0, 0.1) is 11.3 Å². The number of nitriles is 1. The van der Waals surface area contributed by atoms with Crippen molar-refractivity contribution in [3.8, 4) is 11.8 Å². The van der Waals surface area contributed by atoms with Crippen molar-refractivity contribution in [2.75, 3.05) is 6.54 Å². The van der Waals surface area contributed by atoms with Crippen LogP contribution in [0.5, 0.6) is 5.75 Å². The van der Waals surface area contributed by atoms with Crippen LogP contribution >= 0.6 is 0 Å². The maximum atomic E-state index is 12.1. The summed E-state index contributed by atoms with van der Waals surface area (Å²) in [5, 5.41) is 12.9. The van der Waals surface area contributed by atoms with Crippen LogP contribution in [0.1, 0.15) is 18.9 Å². The van der Waals surface area contributed by atoms with E-state index in [9.17, 15) is 4.79 Å². The van der Waals surface area contributed by atoms with Gasteiger partial charge in [-0.25, -0.2) is 0 Å². The summed E-state index contributed by atoms with van der Waals surface area (Å²) in [6, 6.07) is 19.1. The van der Waals surface area contributed by atoms with Crippen LogP contribution in [0.3, 0.4) is 0 Å². The van der Waals surface area contributed by atoms with Crippen LogP contribution < -0.4 is 10.1 Å². The van der Waals surface area contributed by atoms with Crippen molar-refractivity contribution >= 4 is 16.8 Å². The van der Waals surface area contributed by atoms with Gasteiger partial charge in [0.05, 0.1) is 11.6 Å². The Labute approximate surface area is 152 Å². The molecule has 5 nitrogen and oxygen atoms in total. The van der Waals surface area contributed by atoms with Crippen molar-refractivity contribution in [3.05, 3.63) is 66.4 Å². The van der Waals surface area contributed by atoms with E-state index in [4.69, 9.17) is 10.00 Å². The number of hydrogen-bond donors (Lipinski definition) is 1. The number of para-hydroxylation sites is 1. The largest absolute Gasteiger partial charge is 0.481 e. The Morgan fingerprint density at radius 2 is 1.96 bits per heavy atom. The second-order valence-corrected chi connectivity index (χ2v) is 6.11. The van der Waals surface area contributed by atoms with Gasteiger partial charge in [-0.2, -0.15) is 5.26 Å². The third-order valence-corrected chi connectivity index (χ3v) is 4.22. The number of fused-ring (bicyclic) bond motifs is 1. The Hall–Kier alpha value is -3.26. The van der Waals surface area contributed by atoms with Gasteiger partial charge in [0.2, 0.25) is 0 Å². The first kappa shape index (κ1) is 17.6. The minimum absolute atomic E-state index is 0.147. The monoisotopic (exact) mass is 347 g/mol. The summed E-state index contributed by atoms with van der Waals surface area (Å²) in [5.74, 6) is 0.428. The van der Waals surface area contributed by atoms with Crippen molar-refractivity contribution in [2.45, 2.75) is 26.0 Å². The van der Waals surface area contributed by atoms with Gasteiger partial charge < -0.3 is 14.6 Å². The van der Waals surface area contributed by atoms with Crippen LogP contribution in [-0.2, 0) is 11.3 Å². The molecular formula is C21H21N3O2. The van der Waals surface area contributed by atoms with E-state index in [1.165, 1.54) is 10.9 Å². The molecule has 0 radical (unpaired) electrons. The summed E-state index contributed by atoms with van der Waals surface area (Å²) in [6.45, 7) is 3.15. The molecule has 0 saturated heterocycles. The molecule has 1 atom stereocenters. The summed E-state index contributed by atoms with van der Waals surface area (Å²) in [4.78, 5) is 12.1. The van der Waals surface area contributed by atoms with Crippen molar-refractivity contribution < 1.29 is 9.53 Å². The SMILES string of the molecule is CC(Oc1ccc(C#N)cc1)C(=O)NCCCn1ccc2ccccc21. The highest BCUT2D eigenvalue weighted by molar-refractivity contribution is 5.81. The molecule has 0 aliphatic carbocycles. The number of hydrogen-bond acceptors (Lipinski definition) is 3. The highest BCUT2D eigenvalue weighted by Gasteiger charge is 2.14. The van der Waals surface area contributed by atoms with Gasteiger partial charge in [-0.3, -0.25) is 4.79 Å². The zero-order chi connectivity index (χ0) is 18.4. The minimum atomic E-state index is -0.588. The molecule has 0 fully saturated rings. The van der Waals surface area contributed by atoms with Crippen LogP contribution in [-0.4, -0.2) is 23.1 Å². The van der Waals surface area contributed by atoms with E-state index in [0.717, 1.165) is 13.0 Å². The van der Waals surface area contributed by atoms with Crippen molar-refractivity contribution in [1.29, 1.82) is 5.26 Å². The van der Waals surface area contributed by atoms with Gasteiger partial charge in [0.15, 0.2) is 6.10 Å². The van der Waals surface area contributed by atoms with Crippen LogP contribution in [0.15, 0.2) is 60.8 Å². The van der Waals surface area contributed by atoms with Gasteiger partial charge in [-0.15, -0.1) is 0 Å². The number of nitrogens with zero attached hydrogens (tertiary/aromatic N) is 2. The molecule has 26 heavy (non-hydrogen) atoms. The lowest BCUT2D eigenvalue weighted by atomic mass is 10.2. The summed E-state index contributed by atoms with van der Waals surface area (Å²) in [6.07, 6.45) is 2.33. The second-order valence-electron chi connectivity index (χ2n) is 6.11. The predicted molar refractivity (Wildman–Crippen MR) is 101 cm³/mol. The Bertz CT molecular complexity index is 922. The zero-order valence-corrected chi connectivity index (χ0v) is 14.7. The summed E-state index contributed by atoms with van der Waals surface area (Å²) in [7, 11) is 0. The lowest BCUT2D eigenvalue weighted by molar-refractivity contribution is -0.127. The minimum Gasteiger partial charge on any atom is -0.481 e. The van der Waals surface area contributed by atoms with E-state index in [0.29, 0.717) is 17.9 Å². The molecule has 0 aliphatic heterocycles. The summed E-state index contributed by atoms with van der Waals surface area (Å²) < 4.78 is 7.80. The Morgan fingerprint density at radius 3 is 2.73 bits per heavy atom. The fraction of sp³-hybridized carbons (Fsp3) is 0.238. The van der Waals surface area contributed by atoms with Crippen LogP contribution in [0.4, 0.5) is 0 Å². The van der Waals surface area contributed by atoms with Crippen LogP contribution in [0.2, 0.25) is 0 Å². The van der Waals surface area contributed by atoms with E-state index in [-0.39, 0.29) is 5.91 Å². The highest BCUT2D eigenvalue weighted by Crippen LogP contribution is 2.15. The van der Waals surface area contributed by atoms with E-state index in [1.807, 2.05) is 12.1 Å². The van der Waals surface area contributed by atoms with Crippen molar-refractivity contribution in [3.63, 3.8) is 0 Å². The number of aryl methyl sites for hydroxylation is 1. The topological polar surface area (TPSA) is 67.0 Å². The molecular weight excluding hydrogens is 326 g/mol. The average molecular weight is 347 g/mol. The molecule has 2 aromatic carbocycles. The molecule has 3 rings (SSSR count). The third-order valence-electron chi connectivity index (χ3n) is 4.22.